The first-order valence-electron chi connectivity index (χ1n) is 5.16. The molecule has 72 valence electrons. The lowest BCUT2D eigenvalue weighted by Gasteiger charge is -2.45. The van der Waals surface area contributed by atoms with E-state index in [1.54, 1.807) is 0 Å². The highest BCUT2D eigenvalue weighted by Gasteiger charge is 2.38. The van der Waals surface area contributed by atoms with Crippen LogP contribution in [0.1, 0.15) is 53.4 Å². The van der Waals surface area contributed by atoms with Crippen molar-refractivity contribution in [1.82, 2.24) is 0 Å². The van der Waals surface area contributed by atoms with Crippen molar-refractivity contribution in [3.8, 4) is 0 Å². The van der Waals surface area contributed by atoms with Crippen LogP contribution in [0.3, 0.4) is 0 Å². The van der Waals surface area contributed by atoms with Gasteiger partial charge in [-0.2, -0.15) is 0 Å². The van der Waals surface area contributed by atoms with E-state index in [1.165, 1.54) is 25.7 Å². The summed E-state index contributed by atoms with van der Waals surface area (Å²) in [7, 11) is 0. The molecule has 0 bridgehead atoms. The molecule has 0 saturated heterocycles. The highest BCUT2D eigenvalue weighted by atomic mass is 14.7. The fourth-order valence-corrected chi connectivity index (χ4v) is 2.45. The van der Waals surface area contributed by atoms with Gasteiger partial charge in [-0.1, -0.05) is 27.2 Å². The van der Waals surface area contributed by atoms with Crippen LogP contribution in [0.4, 0.5) is 0 Å². The van der Waals surface area contributed by atoms with Crippen molar-refractivity contribution in [2.75, 3.05) is 0 Å². The lowest BCUT2D eigenvalue weighted by Crippen LogP contribution is -2.46. The molecule has 0 heterocycles. The summed E-state index contributed by atoms with van der Waals surface area (Å²) in [5.41, 5.74) is 6.79. The lowest BCUT2D eigenvalue weighted by atomic mass is 9.62. The fourth-order valence-electron chi connectivity index (χ4n) is 2.45. The molecule has 0 amide bonds. The zero-order valence-corrected chi connectivity index (χ0v) is 8.98. The summed E-state index contributed by atoms with van der Waals surface area (Å²) in [6, 6.07) is 0. The summed E-state index contributed by atoms with van der Waals surface area (Å²) in [6.07, 6.45) is 4.96. The maximum absolute atomic E-state index is 6.16. The Kier molecular flexibility index (Phi) is 2.53. The molecule has 12 heavy (non-hydrogen) atoms. The molecule has 0 radical (unpaired) electrons. The van der Waals surface area contributed by atoms with Crippen LogP contribution in [-0.4, -0.2) is 5.54 Å². The SMILES string of the molecule is CC[C@@H]1C[C@](C)(N)CCC1(C)C. The highest BCUT2D eigenvalue weighted by Crippen LogP contribution is 2.45. The van der Waals surface area contributed by atoms with Gasteiger partial charge in [-0.25, -0.2) is 0 Å². The molecule has 1 nitrogen and oxygen atoms in total. The molecule has 0 aromatic carbocycles. The summed E-state index contributed by atoms with van der Waals surface area (Å²) >= 11 is 0. The zero-order valence-electron chi connectivity index (χ0n) is 8.98. The Morgan fingerprint density at radius 2 is 1.83 bits per heavy atom. The van der Waals surface area contributed by atoms with Gasteiger partial charge >= 0.3 is 0 Å². The Labute approximate surface area is 76.7 Å². The molecule has 0 aromatic rings. The minimum Gasteiger partial charge on any atom is -0.325 e. The maximum atomic E-state index is 6.16. The fraction of sp³-hybridized carbons (Fsp3) is 1.00. The molecular formula is C11H23N. The lowest BCUT2D eigenvalue weighted by molar-refractivity contribution is 0.0854. The second-order valence-electron chi connectivity index (χ2n) is 5.45. The largest absolute Gasteiger partial charge is 0.325 e. The van der Waals surface area contributed by atoms with Crippen LogP contribution in [0.5, 0.6) is 0 Å². The van der Waals surface area contributed by atoms with Crippen LogP contribution < -0.4 is 5.73 Å². The van der Waals surface area contributed by atoms with E-state index in [9.17, 15) is 0 Å². The van der Waals surface area contributed by atoms with Crippen LogP contribution in [0.2, 0.25) is 0 Å². The molecule has 1 saturated carbocycles. The monoisotopic (exact) mass is 169 g/mol. The van der Waals surface area contributed by atoms with E-state index in [-0.39, 0.29) is 5.54 Å². The molecule has 1 fully saturated rings. The number of hydrogen-bond donors (Lipinski definition) is 1. The van der Waals surface area contributed by atoms with E-state index < -0.39 is 0 Å². The third kappa shape index (κ3) is 2.01. The first-order chi connectivity index (χ1) is 5.37. The quantitative estimate of drug-likeness (QED) is 0.641. The number of hydrogen-bond acceptors (Lipinski definition) is 1. The molecule has 2 atom stereocenters. The molecule has 1 heteroatoms. The van der Waals surface area contributed by atoms with Gasteiger partial charge in [0.05, 0.1) is 0 Å². The smallest absolute Gasteiger partial charge is 0.0128 e. The minimum atomic E-state index is 0.107. The van der Waals surface area contributed by atoms with Gasteiger partial charge in [0.2, 0.25) is 0 Å². The molecule has 2 N–H and O–H groups in total. The van der Waals surface area contributed by atoms with Crippen molar-refractivity contribution in [2.24, 2.45) is 17.1 Å². The molecule has 1 aliphatic rings. The van der Waals surface area contributed by atoms with Gasteiger partial charge in [-0.15, -0.1) is 0 Å². The third-order valence-electron chi connectivity index (χ3n) is 3.65. The molecule has 0 aromatic heterocycles. The molecular weight excluding hydrogens is 146 g/mol. The van der Waals surface area contributed by atoms with Crippen LogP contribution in [0.25, 0.3) is 0 Å². The molecule has 1 rings (SSSR count). The van der Waals surface area contributed by atoms with E-state index in [0.29, 0.717) is 5.41 Å². The third-order valence-corrected chi connectivity index (χ3v) is 3.65. The second-order valence-corrected chi connectivity index (χ2v) is 5.45. The normalized spacial score (nSPS) is 41.2. The summed E-state index contributed by atoms with van der Waals surface area (Å²) in [6.45, 7) is 9.26. The van der Waals surface area contributed by atoms with E-state index >= 15 is 0 Å². The van der Waals surface area contributed by atoms with Gasteiger partial charge in [-0.3, -0.25) is 0 Å². The van der Waals surface area contributed by atoms with Crippen molar-refractivity contribution < 1.29 is 0 Å². The first kappa shape index (κ1) is 10.0. The van der Waals surface area contributed by atoms with Gasteiger partial charge in [0.1, 0.15) is 0 Å². The first-order valence-corrected chi connectivity index (χ1v) is 5.16. The van der Waals surface area contributed by atoms with Crippen LogP contribution in [-0.2, 0) is 0 Å². The van der Waals surface area contributed by atoms with E-state index in [0.717, 1.165) is 5.92 Å². The maximum Gasteiger partial charge on any atom is 0.0128 e. The summed E-state index contributed by atoms with van der Waals surface area (Å²) in [5.74, 6) is 0.821. The minimum absolute atomic E-state index is 0.107. The van der Waals surface area contributed by atoms with Gasteiger partial charge in [-0.05, 0) is 37.5 Å². The standard InChI is InChI=1S/C11H23N/c1-5-9-8-11(4,12)7-6-10(9,2)3/h9H,5-8,12H2,1-4H3/t9-,11-/m1/s1. The Morgan fingerprint density at radius 3 is 2.25 bits per heavy atom. The number of rotatable bonds is 1. The Balaban J connectivity index is 2.67. The second kappa shape index (κ2) is 3.02. The van der Waals surface area contributed by atoms with E-state index in [1.807, 2.05) is 0 Å². The predicted octanol–water partition coefficient (Wildman–Crippen LogP) is 2.94. The zero-order chi connectivity index (χ0) is 9.41. The molecule has 0 spiro atoms. The topological polar surface area (TPSA) is 26.0 Å². The summed E-state index contributed by atoms with van der Waals surface area (Å²) in [4.78, 5) is 0. The van der Waals surface area contributed by atoms with Crippen molar-refractivity contribution in [1.29, 1.82) is 0 Å². The average molecular weight is 169 g/mol. The molecule has 1 aliphatic carbocycles. The number of nitrogens with two attached hydrogens (primary N) is 1. The van der Waals surface area contributed by atoms with Crippen molar-refractivity contribution >= 4 is 0 Å². The molecule has 0 unspecified atom stereocenters. The Hall–Kier alpha value is -0.0400. The van der Waals surface area contributed by atoms with Crippen molar-refractivity contribution in [3.05, 3.63) is 0 Å². The Morgan fingerprint density at radius 1 is 1.25 bits per heavy atom. The highest BCUT2D eigenvalue weighted by molar-refractivity contribution is 4.94. The van der Waals surface area contributed by atoms with Gasteiger partial charge in [0.15, 0.2) is 0 Å². The summed E-state index contributed by atoms with van der Waals surface area (Å²) < 4.78 is 0. The van der Waals surface area contributed by atoms with Crippen LogP contribution >= 0.6 is 0 Å². The van der Waals surface area contributed by atoms with E-state index in [4.69, 9.17) is 5.73 Å². The summed E-state index contributed by atoms with van der Waals surface area (Å²) in [5, 5.41) is 0. The average Bonchev–Trinajstić information content (AvgIpc) is 1.95. The van der Waals surface area contributed by atoms with Gasteiger partial charge in [0.25, 0.3) is 0 Å². The van der Waals surface area contributed by atoms with Crippen LogP contribution in [0, 0.1) is 11.3 Å². The molecule has 0 aliphatic heterocycles. The van der Waals surface area contributed by atoms with Crippen molar-refractivity contribution in [2.45, 2.75) is 58.9 Å². The van der Waals surface area contributed by atoms with Gasteiger partial charge < -0.3 is 5.73 Å². The van der Waals surface area contributed by atoms with Crippen molar-refractivity contribution in [3.63, 3.8) is 0 Å². The predicted molar refractivity (Wildman–Crippen MR) is 54.0 cm³/mol. The Bertz CT molecular complexity index is 158. The van der Waals surface area contributed by atoms with Crippen LogP contribution in [0.15, 0.2) is 0 Å². The van der Waals surface area contributed by atoms with E-state index in [2.05, 4.69) is 27.7 Å². The van der Waals surface area contributed by atoms with Gasteiger partial charge in [0, 0.05) is 5.54 Å².